The Balaban J connectivity index is 1.27. The zero-order valence-electron chi connectivity index (χ0n) is 16.9. The Labute approximate surface area is 177 Å². The van der Waals surface area contributed by atoms with E-state index in [4.69, 9.17) is 16.3 Å². The molecule has 1 aliphatic heterocycles. The molecule has 0 bridgehead atoms. The summed E-state index contributed by atoms with van der Waals surface area (Å²) in [6, 6.07) is 10.0. The molecule has 4 aliphatic carbocycles. The molecule has 5 heteroatoms. The van der Waals surface area contributed by atoms with Gasteiger partial charge in [0.2, 0.25) is 0 Å². The van der Waals surface area contributed by atoms with Crippen molar-refractivity contribution in [1.29, 1.82) is 0 Å². The summed E-state index contributed by atoms with van der Waals surface area (Å²) in [5.74, 6) is 0.527. The third-order valence-corrected chi connectivity index (χ3v) is 9.52. The maximum atomic E-state index is 13.5. The van der Waals surface area contributed by atoms with Gasteiger partial charge in [0.1, 0.15) is 6.10 Å². The fourth-order valence-electron chi connectivity index (χ4n) is 7.46. The maximum Gasteiger partial charge on any atom is 0.343 e. The number of rotatable bonds is 5. The van der Waals surface area contributed by atoms with Crippen LogP contribution in [-0.2, 0) is 15.1 Å². The van der Waals surface area contributed by atoms with Gasteiger partial charge in [0.15, 0.2) is 5.60 Å². The van der Waals surface area contributed by atoms with Crippen LogP contribution >= 0.6 is 11.6 Å². The molecule has 0 aromatic heterocycles. The Bertz CT molecular complexity index is 821. The van der Waals surface area contributed by atoms with E-state index in [2.05, 4.69) is 4.90 Å². The lowest BCUT2D eigenvalue weighted by molar-refractivity contribution is -0.179. The molecule has 0 amide bonds. The van der Waals surface area contributed by atoms with E-state index in [0.29, 0.717) is 28.8 Å². The van der Waals surface area contributed by atoms with Gasteiger partial charge < -0.3 is 9.84 Å². The largest absolute Gasteiger partial charge is 0.459 e. The smallest absolute Gasteiger partial charge is 0.343 e. The molecule has 1 saturated heterocycles. The van der Waals surface area contributed by atoms with Crippen LogP contribution in [0.3, 0.4) is 0 Å². The summed E-state index contributed by atoms with van der Waals surface area (Å²) in [6.07, 6.45) is 7.69. The Hall–Kier alpha value is -1.10. The van der Waals surface area contributed by atoms with Gasteiger partial charge in [-0.1, -0.05) is 43.2 Å². The van der Waals surface area contributed by atoms with E-state index < -0.39 is 11.6 Å². The summed E-state index contributed by atoms with van der Waals surface area (Å²) in [4.78, 5) is 15.9. The van der Waals surface area contributed by atoms with E-state index in [0.717, 1.165) is 38.8 Å². The number of benzene rings is 1. The summed E-state index contributed by atoms with van der Waals surface area (Å²) in [5, 5.41) is 11.7. The number of halogens is 1. The first-order chi connectivity index (χ1) is 14.0. The number of likely N-dealkylation sites (tertiary alicyclic amines) is 1. The molecule has 5 unspecified atom stereocenters. The standard InChI is InChI=1S/C24H30ClNO3/c25-15-26-12-18-20(23(18)14-22(10-11-22)19(23)13-26)29-21(27)24(28,17-8-4-5-9-17)16-6-2-1-3-7-16/h1-3,6-7,17-20,28H,4-5,8-15H2. The lowest BCUT2D eigenvalue weighted by Gasteiger charge is -2.52. The number of aliphatic hydroxyl groups is 1. The van der Waals surface area contributed by atoms with Gasteiger partial charge in [-0.3, -0.25) is 4.90 Å². The summed E-state index contributed by atoms with van der Waals surface area (Å²) in [6.45, 7) is 1.96. The van der Waals surface area contributed by atoms with Gasteiger partial charge in [-0.15, -0.1) is 11.6 Å². The highest BCUT2D eigenvalue weighted by molar-refractivity contribution is 6.17. The molecule has 1 aromatic rings. The first-order valence-corrected chi connectivity index (χ1v) is 11.9. The molecule has 156 valence electrons. The van der Waals surface area contributed by atoms with E-state index >= 15 is 0 Å². The van der Waals surface area contributed by atoms with Crippen LogP contribution in [0.15, 0.2) is 30.3 Å². The van der Waals surface area contributed by atoms with E-state index in [1.165, 1.54) is 19.3 Å². The molecule has 1 N–H and O–H groups in total. The second-order valence-electron chi connectivity index (χ2n) is 10.4. The minimum Gasteiger partial charge on any atom is -0.459 e. The third-order valence-electron chi connectivity index (χ3n) is 9.18. The van der Waals surface area contributed by atoms with Crippen molar-refractivity contribution in [3.05, 3.63) is 35.9 Å². The number of ether oxygens (including phenoxy) is 1. The van der Waals surface area contributed by atoms with E-state index in [1.54, 1.807) is 0 Å². The van der Waals surface area contributed by atoms with Crippen molar-refractivity contribution >= 4 is 17.6 Å². The van der Waals surface area contributed by atoms with Gasteiger partial charge in [-0.2, -0.15) is 0 Å². The fourth-order valence-corrected chi connectivity index (χ4v) is 7.66. The highest BCUT2D eigenvalue weighted by Crippen LogP contribution is 2.84. The summed E-state index contributed by atoms with van der Waals surface area (Å²) in [5.41, 5.74) is -0.167. The molecule has 4 nitrogen and oxygen atoms in total. The van der Waals surface area contributed by atoms with Crippen molar-refractivity contribution in [3.63, 3.8) is 0 Å². The van der Waals surface area contributed by atoms with Crippen molar-refractivity contribution in [3.8, 4) is 0 Å². The van der Waals surface area contributed by atoms with Crippen LogP contribution in [0.2, 0.25) is 0 Å². The second-order valence-corrected chi connectivity index (χ2v) is 10.6. The van der Waals surface area contributed by atoms with E-state index in [-0.39, 0.29) is 17.4 Å². The average molecular weight is 416 g/mol. The van der Waals surface area contributed by atoms with Gasteiger partial charge in [0.25, 0.3) is 0 Å². The highest BCUT2D eigenvalue weighted by Gasteiger charge is 2.85. The van der Waals surface area contributed by atoms with Crippen LogP contribution in [0.5, 0.6) is 0 Å². The molecule has 1 heterocycles. The number of nitrogens with zero attached hydrogens (tertiary/aromatic N) is 1. The molecular formula is C24H30ClNO3. The number of fused-ring (bicyclic) bond motifs is 1. The molecule has 5 fully saturated rings. The minimum absolute atomic E-state index is 0.0453. The predicted molar refractivity (Wildman–Crippen MR) is 110 cm³/mol. The first-order valence-electron chi connectivity index (χ1n) is 11.3. The Morgan fingerprint density at radius 3 is 2.59 bits per heavy atom. The molecule has 5 atom stereocenters. The molecule has 0 radical (unpaired) electrons. The van der Waals surface area contributed by atoms with Gasteiger partial charge in [0.05, 0.1) is 6.00 Å². The lowest BCUT2D eigenvalue weighted by Crippen LogP contribution is -2.53. The zero-order valence-corrected chi connectivity index (χ0v) is 17.6. The van der Waals surface area contributed by atoms with Crippen molar-refractivity contribution in [2.45, 2.75) is 56.7 Å². The number of piperidine rings is 1. The quantitative estimate of drug-likeness (QED) is 0.450. The Kier molecular flexibility index (Phi) is 3.99. The van der Waals surface area contributed by atoms with Crippen molar-refractivity contribution in [1.82, 2.24) is 4.90 Å². The SMILES string of the molecule is O=C(OC1C2CN(CCl)CC3C4(CC4)CC213)C(O)(c1ccccc1)C1CCCC1. The number of hydrogen-bond donors (Lipinski definition) is 1. The van der Waals surface area contributed by atoms with Crippen LogP contribution in [0.25, 0.3) is 0 Å². The third kappa shape index (κ3) is 2.43. The number of carbonyl (C=O) groups is 1. The van der Waals surface area contributed by atoms with Crippen LogP contribution in [0, 0.1) is 28.6 Å². The highest BCUT2D eigenvalue weighted by atomic mass is 35.5. The number of carbonyl (C=O) groups excluding carboxylic acids is 1. The summed E-state index contributed by atoms with van der Waals surface area (Å²) in [7, 11) is 0. The van der Waals surface area contributed by atoms with E-state index in [1.807, 2.05) is 30.3 Å². The van der Waals surface area contributed by atoms with Crippen molar-refractivity contribution < 1.29 is 14.6 Å². The maximum absolute atomic E-state index is 13.5. The van der Waals surface area contributed by atoms with Crippen LogP contribution in [0.4, 0.5) is 0 Å². The zero-order chi connectivity index (χ0) is 19.9. The lowest BCUT2D eigenvalue weighted by atomic mass is 9.56. The van der Waals surface area contributed by atoms with Gasteiger partial charge in [0, 0.05) is 30.3 Å². The number of hydrogen-bond acceptors (Lipinski definition) is 4. The second kappa shape index (κ2) is 6.21. The van der Waals surface area contributed by atoms with Crippen LogP contribution in [-0.4, -0.2) is 41.2 Å². The normalized spacial score (nSPS) is 39.2. The van der Waals surface area contributed by atoms with Crippen molar-refractivity contribution in [2.24, 2.45) is 28.6 Å². The molecule has 2 spiro atoms. The van der Waals surface area contributed by atoms with E-state index in [9.17, 15) is 9.90 Å². The summed E-state index contributed by atoms with van der Waals surface area (Å²) >= 11 is 6.18. The minimum atomic E-state index is -1.52. The topological polar surface area (TPSA) is 49.8 Å². The van der Waals surface area contributed by atoms with Gasteiger partial charge >= 0.3 is 5.97 Å². The Morgan fingerprint density at radius 1 is 1.21 bits per heavy atom. The van der Waals surface area contributed by atoms with Crippen LogP contribution < -0.4 is 0 Å². The van der Waals surface area contributed by atoms with Gasteiger partial charge in [-0.25, -0.2) is 4.79 Å². The molecule has 5 aliphatic rings. The molecule has 29 heavy (non-hydrogen) atoms. The predicted octanol–water partition coefficient (Wildman–Crippen LogP) is 3.90. The van der Waals surface area contributed by atoms with Gasteiger partial charge in [-0.05, 0) is 49.0 Å². The fraction of sp³-hybridized carbons (Fsp3) is 0.708. The average Bonchev–Trinajstić information content (AvgIpc) is 3.59. The Morgan fingerprint density at radius 2 is 1.93 bits per heavy atom. The first kappa shape index (κ1) is 18.7. The number of alkyl halides is 1. The van der Waals surface area contributed by atoms with Crippen molar-refractivity contribution in [2.75, 3.05) is 19.1 Å². The molecular weight excluding hydrogens is 386 g/mol. The molecule has 4 saturated carbocycles. The monoisotopic (exact) mass is 415 g/mol. The number of esters is 1. The summed E-state index contributed by atoms with van der Waals surface area (Å²) < 4.78 is 6.22. The van der Waals surface area contributed by atoms with Crippen LogP contribution in [0.1, 0.15) is 50.5 Å². The molecule has 6 rings (SSSR count). The molecule has 1 aromatic carbocycles.